The Morgan fingerprint density at radius 2 is 2.17 bits per heavy atom. The molecule has 0 heterocycles. The summed E-state index contributed by atoms with van der Waals surface area (Å²) in [5.41, 5.74) is 0.859. The second-order valence-corrected chi connectivity index (χ2v) is 5.67. The van der Waals surface area contributed by atoms with Crippen LogP contribution in [0.2, 0.25) is 0 Å². The molecule has 1 unspecified atom stereocenters. The van der Waals surface area contributed by atoms with Gasteiger partial charge in [-0.1, -0.05) is 12.1 Å². The smallest absolute Gasteiger partial charge is 0.325 e. The summed E-state index contributed by atoms with van der Waals surface area (Å²) in [6.07, 6.45) is 0. The topological polar surface area (TPSA) is 92.7 Å². The Labute approximate surface area is 106 Å². The van der Waals surface area contributed by atoms with Crippen molar-refractivity contribution in [3.8, 4) is 0 Å². The highest BCUT2D eigenvalue weighted by Crippen LogP contribution is 2.14. The lowest BCUT2D eigenvalue weighted by Crippen LogP contribution is -2.33. The lowest BCUT2D eigenvalue weighted by Gasteiger charge is -2.13. The number of carbonyl (C=O) groups is 1. The Balaban J connectivity index is 2.91. The number of esters is 1. The molecule has 0 bridgehead atoms. The van der Waals surface area contributed by atoms with Crippen molar-refractivity contribution < 1.29 is 23.1 Å². The highest BCUT2D eigenvalue weighted by Gasteiger charge is 2.28. The summed E-state index contributed by atoms with van der Waals surface area (Å²) in [6, 6.07) is 6.27. The molecule has 0 aliphatic heterocycles. The summed E-state index contributed by atoms with van der Waals surface area (Å²) in [7, 11) is -2.73. The molecule has 0 aliphatic carbocycles. The fraction of sp³-hybridized carbons (Fsp3) is 0.364. The van der Waals surface area contributed by atoms with E-state index in [1.54, 1.807) is 12.1 Å². The van der Waals surface area contributed by atoms with E-state index in [4.69, 9.17) is 5.11 Å². The number of hydrogen-bond donors (Lipinski definition) is 2. The Bertz CT molecular complexity index is 526. The quantitative estimate of drug-likeness (QED) is 0.761. The molecule has 0 aromatic heterocycles. The van der Waals surface area contributed by atoms with Gasteiger partial charge in [0.1, 0.15) is 0 Å². The summed E-state index contributed by atoms with van der Waals surface area (Å²) in [6.45, 7) is 1.05. The van der Waals surface area contributed by atoms with Gasteiger partial charge in [-0.15, -0.1) is 0 Å². The first-order valence-corrected chi connectivity index (χ1v) is 6.74. The molecule has 0 aliphatic rings. The summed E-state index contributed by atoms with van der Waals surface area (Å²) < 4.78 is 30.3. The third-order valence-corrected chi connectivity index (χ3v) is 4.01. The number of nitrogens with one attached hydrogen (secondary N) is 1. The maximum Gasteiger partial charge on any atom is 0.325 e. The zero-order valence-corrected chi connectivity index (χ0v) is 10.9. The number of aliphatic hydroxyl groups is 1. The van der Waals surface area contributed by atoms with Crippen molar-refractivity contribution in [2.24, 2.45) is 0 Å². The highest BCUT2D eigenvalue weighted by molar-refractivity contribution is 7.94. The van der Waals surface area contributed by atoms with Crippen molar-refractivity contribution in [1.82, 2.24) is 0 Å². The average Bonchev–Trinajstić information content (AvgIpc) is 2.36. The molecule has 2 N–H and O–H groups in total. The predicted molar refractivity (Wildman–Crippen MR) is 66.4 cm³/mol. The molecule has 0 spiro atoms. The first-order chi connectivity index (χ1) is 8.40. The number of carbonyl (C=O) groups excluding carboxylic acids is 1. The average molecular weight is 273 g/mol. The fourth-order valence-corrected chi connectivity index (χ4v) is 2.26. The first kappa shape index (κ1) is 14.5. The standard InChI is InChI=1S/C11H15NO5S/c1-8(11(14)17-2)18(15,16)12-10-5-3-4-9(6-10)7-13/h3-6,8,12-13H,7H2,1-2H3. The molecule has 7 heteroatoms. The third-order valence-electron chi connectivity index (χ3n) is 2.37. The van der Waals surface area contributed by atoms with E-state index in [1.165, 1.54) is 19.1 Å². The second-order valence-electron chi connectivity index (χ2n) is 3.67. The number of ether oxygens (including phenoxy) is 1. The number of aliphatic hydroxyl groups excluding tert-OH is 1. The van der Waals surface area contributed by atoms with E-state index in [2.05, 4.69) is 9.46 Å². The molecule has 0 saturated carbocycles. The third kappa shape index (κ3) is 3.44. The molecule has 1 atom stereocenters. The molecule has 18 heavy (non-hydrogen) atoms. The normalized spacial score (nSPS) is 12.8. The van der Waals surface area contributed by atoms with Crippen LogP contribution in [0.15, 0.2) is 24.3 Å². The SMILES string of the molecule is COC(=O)C(C)S(=O)(=O)Nc1cccc(CO)c1. The minimum atomic E-state index is -3.86. The molecule has 1 aromatic carbocycles. The van der Waals surface area contributed by atoms with E-state index in [-0.39, 0.29) is 12.3 Å². The van der Waals surface area contributed by atoms with E-state index < -0.39 is 21.2 Å². The minimum absolute atomic E-state index is 0.192. The number of hydrogen-bond acceptors (Lipinski definition) is 5. The van der Waals surface area contributed by atoms with Crippen molar-refractivity contribution in [1.29, 1.82) is 0 Å². The van der Waals surface area contributed by atoms with Gasteiger partial charge in [-0.25, -0.2) is 8.42 Å². The van der Waals surface area contributed by atoms with Crippen LogP contribution in [-0.4, -0.2) is 31.9 Å². The zero-order valence-electron chi connectivity index (χ0n) is 10.1. The predicted octanol–water partition coefficient (Wildman–Crippen LogP) is 0.482. The van der Waals surface area contributed by atoms with E-state index in [0.29, 0.717) is 5.56 Å². The monoisotopic (exact) mass is 273 g/mol. The molecule has 0 amide bonds. The van der Waals surface area contributed by atoms with Crippen molar-refractivity contribution in [3.05, 3.63) is 29.8 Å². The Morgan fingerprint density at radius 3 is 2.72 bits per heavy atom. The minimum Gasteiger partial charge on any atom is -0.468 e. The van der Waals surface area contributed by atoms with E-state index in [0.717, 1.165) is 7.11 Å². The summed E-state index contributed by atoms with van der Waals surface area (Å²) >= 11 is 0. The van der Waals surface area contributed by atoms with Crippen LogP contribution in [0.4, 0.5) is 5.69 Å². The molecule has 0 radical (unpaired) electrons. The van der Waals surface area contributed by atoms with Gasteiger partial charge in [0.2, 0.25) is 10.0 Å². The van der Waals surface area contributed by atoms with Crippen LogP contribution in [0.5, 0.6) is 0 Å². The highest BCUT2D eigenvalue weighted by atomic mass is 32.2. The van der Waals surface area contributed by atoms with Gasteiger partial charge in [0, 0.05) is 5.69 Å². The Kier molecular flexibility index (Phi) is 4.69. The van der Waals surface area contributed by atoms with Gasteiger partial charge in [0.25, 0.3) is 0 Å². The van der Waals surface area contributed by atoms with Gasteiger partial charge in [0.15, 0.2) is 5.25 Å². The molecule has 6 nitrogen and oxygen atoms in total. The molecule has 100 valence electrons. The summed E-state index contributed by atoms with van der Waals surface area (Å²) in [4.78, 5) is 11.2. The van der Waals surface area contributed by atoms with Crippen molar-refractivity contribution >= 4 is 21.7 Å². The van der Waals surface area contributed by atoms with Crippen LogP contribution in [-0.2, 0) is 26.2 Å². The van der Waals surface area contributed by atoms with E-state index in [9.17, 15) is 13.2 Å². The maximum absolute atomic E-state index is 11.8. The largest absolute Gasteiger partial charge is 0.468 e. The van der Waals surface area contributed by atoms with Gasteiger partial charge in [-0.2, -0.15) is 0 Å². The van der Waals surface area contributed by atoms with Crippen LogP contribution < -0.4 is 4.72 Å². The number of rotatable bonds is 5. The lowest BCUT2D eigenvalue weighted by molar-refractivity contribution is -0.139. The second kappa shape index (κ2) is 5.83. The fourth-order valence-electron chi connectivity index (χ4n) is 1.28. The van der Waals surface area contributed by atoms with Crippen molar-refractivity contribution in [3.63, 3.8) is 0 Å². The number of methoxy groups -OCH3 is 1. The van der Waals surface area contributed by atoms with E-state index in [1.807, 2.05) is 0 Å². The van der Waals surface area contributed by atoms with Crippen LogP contribution in [0.3, 0.4) is 0 Å². The zero-order chi connectivity index (χ0) is 13.8. The van der Waals surface area contributed by atoms with Gasteiger partial charge < -0.3 is 9.84 Å². The molecular weight excluding hydrogens is 258 g/mol. The summed E-state index contributed by atoms with van der Waals surface area (Å²) in [5, 5.41) is 7.64. The first-order valence-electron chi connectivity index (χ1n) is 5.20. The van der Waals surface area contributed by atoms with Crippen LogP contribution in [0.25, 0.3) is 0 Å². The van der Waals surface area contributed by atoms with E-state index >= 15 is 0 Å². The molecule has 0 fully saturated rings. The maximum atomic E-state index is 11.8. The molecule has 1 aromatic rings. The molecular formula is C11H15NO5S. The van der Waals surface area contributed by atoms with Gasteiger partial charge >= 0.3 is 5.97 Å². The van der Waals surface area contributed by atoms with Crippen molar-refractivity contribution in [2.45, 2.75) is 18.8 Å². The van der Waals surface area contributed by atoms with Crippen LogP contribution >= 0.6 is 0 Å². The van der Waals surface area contributed by atoms with Gasteiger partial charge in [0.05, 0.1) is 13.7 Å². The Hall–Kier alpha value is -1.60. The number of benzene rings is 1. The van der Waals surface area contributed by atoms with Gasteiger partial charge in [-0.3, -0.25) is 9.52 Å². The number of sulfonamides is 1. The van der Waals surface area contributed by atoms with Crippen LogP contribution in [0.1, 0.15) is 12.5 Å². The van der Waals surface area contributed by atoms with Crippen molar-refractivity contribution in [2.75, 3.05) is 11.8 Å². The van der Waals surface area contributed by atoms with Crippen LogP contribution in [0, 0.1) is 0 Å². The number of anilines is 1. The Morgan fingerprint density at radius 1 is 1.50 bits per heavy atom. The van der Waals surface area contributed by atoms with Gasteiger partial charge in [-0.05, 0) is 24.6 Å². The molecule has 0 saturated heterocycles. The molecule has 1 rings (SSSR count). The lowest BCUT2D eigenvalue weighted by atomic mass is 10.2. The summed E-state index contributed by atoms with van der Waals surface area (Å²) in [5.74, 6) is -0.833.